The maximum atomic E-state index is 13.4. The number of halogens is 4. The summed E-state index contributed by atoms with van der Waals surface area (Å²) in [5, 5.41) is 18.2. The molecule has 2 aliphatic heterocycles. The van der Waals surface area contributed by atoms with E-state index in [0.717, 1.165) is 38.4 Å². The van der Waals surface area contributed by atoms with Crippen LogP contribution in [0.1, 0.15) is 22.0 Å². The Morgan fingerprint density at radius 3 is 2.50 bits per heavy atom. The predicted octanol–water partition coefficient (Wildman–Crippen LogP) is 3.00. The minimum atomic E-state index is -5.08. The summed E-state index contributed by atoms with van der Waals surface area (Å²) in [6, 6.07) is 9.89. The third-order valence-corrected chi connectivity index (χ3v) is 6.00. The van der Waals surface area contributed by atoms with Crippen molar-refractivity contribution in [2.45, 2.75) is 25.7 Å². The van der Waals surface area contributed by atoms with E-state index in [2.05, 4.69) is 31.5 Å². The summed E-state index contributed by atoms with van der Waals surface area (Å²) >= 11 is 0. The van der Waals surface area contributed by atoms with Gasteiger partial charge in [-0.25, -0.2) is 9.18 Å². The van der Waals surface area contributed by atoms with Gasteiger partial charge in [-0.05, 0) is 41.7 Å². The number of rotatable bonds is 4. The average Bonchev–Trinajstić information content (AvgIpc) is 3.40. The smallest absolute Gasteiger partial charge is 0.475 e. The Labute approximate surface area is 202 Å². The van der Waals surface area contributed by atoms with E-state index in [1.54, 1.807) is 18.3 Å². The zero-order valence-corrected chi connectivity index (χ0v) is 18.8. The number of fused-ring (bicyclic) bond motifs is 2. The third-order valence-electron chi connectivity index (χ3n) is 6.00. The lowest BCUT2D eigenvalue weighted by molar-refractivity contribution is -0.192. The van der Waals surface area contributed by atoms with E-state index >= 15 is 0 Å². The molecular weight excluding hydrogens is 484 g/mol. The largest absolute Gasteiger partial charge is 0.490 e. The number of hydrogen-bond donors (Lipinski definition) is 2. The van der Waals surface area contributed by atoms with Crippen LogP contribution in [0.3, 0.4) is 0 Å². The second-order valence-electron chi connectivity index (χ2n) is 8.60. The van der Waals surface area contributed by atoms with Gasteiger partial charge in [0.1, 0.15) is 11.6 Å². The fraction of sp³-hybridized carbons (Fsp3) is 0.348. The number of anilines is 1. The van der Waals surface area contributed by atoms with Crippen molar-refractivity contribution in [1.82, 2.24) is 24.6 Å². The number of nitrogens with zero attached hydrogens (tertiary/aromatic N) is 5. The number of nitrogens with one attached hydrogen (secondary N) is 1. The number of carbonyl (C=O) groups is 2. The normalized spacial score (nSPS) is 19.0. The molecule has 0 bridgehead atoms. The van der Waals surface area contributed by atoms with Crippen LogP contribution >= 0.6 is 0 Å². The van der Waals surface area contributed by atoms with Crippen molar-refractivity contribution < 1.29 is 32.3 Å². The lowest BCUT2D eigenvalue weighted by atomic mass is 9.89. The average molecular weight is 506 g/mol. The van der Waals surface area contributed by atoms with Gasteiger partial charge in [0, 0.05) is 50.7 Å². The first kappa shape index (κ1) is 25.2. The van der Waals surface area contributed by atoms with E-state index in [1.807, 2.05) is 16.8 Å². The molecule has 0 spiro atoms. The van der Waals surface area contributed by atoms with Crippen molar-refractivity contribution in [2.24, 2.45) is 11.8 Å². The van der Waals surface area contributed by atoms with Crippen LogP contribution in [-0.4, -0.2) is 60.9 Å². The maximum Gasteiger partial charge on any atom is 0.490 e. The number of hydrogen-bond acceptors (Lipinski definition) is 6. The van der Waals surface area contributed by atoms with Gasteiger partial charge in [0.2, 0.25) is 5.82 Å². The first-order valence-corrected chi connectivity index (χ1v) is 11.0. The highest BCUT2D eigenvalue weighted by atomic mass is 19.4. The summed E-state index contributed by atoms with van der Waals surface area (Å²) in [6.07, 6.45) is -0.574. The van der Waals surface area contributed by atoms with Crippen LogP contribution in [0, 0.1) is 17.7 Å². The van der Waals surface area contributed by atoms with E-state index in [9.17, 15) is 22.4 Å². The number of aliphatic carboxylic acids is 1. The first-order chi connectivity index (χ1) is 17.1. The van der Waals surface area contributed by atoms with Gasteiger partial charge < -0.3 is 15.0 Å². The van der Waals surface area contributed by atoms with Gasteiger partial charge in [-0.3, -0.25) is 14.7 Å². The molecule has 13 heteroatoms. The Bertz CT molecular complexity index is 1230. The highest BCUT2D eigenvalue weighted by molar-refractivity contribution is 6.01. The number of carboxylic acid groups (broad SMARTS) is 1. The zero-order chi connectivity index (χ0) is 25.9. The minimum absolute atomic E-state index is 0.286. The van der Waals surface area contributed by atoms with Gasteiger partial charge in [-0.15, -0.1) is 10.2 Å². The van der Waals surface area contributed by atoms with Crippen molar-refractivity contribution in [2.75, 3.05) is 18.4 Å². The van der Waals surface area contributed by atoms with Gasteiger partial charge in [0.25, 0.3) is 5.91 Å². The molecule has 2 N–H and O–H groups in total. The topological polar surface area (TPSA) is 113 Å². The summed E-state index contributed by atoms with van der Waals surface area (Å²) in [4.78, 5) is 28.2. The first-order valence-electron chi connectivity index (χ1n) is 11.0. The van der Waals surface area contributed by atoms with Crippen molar-refractivity contribution in [3.05, 3.63) is 71.8 Å². The molecule has 5 rings (SSSR count). The van der Waals surface area contributed by atoms with E-state index in [0.29, 0.717) is 17.5 Å². The molecule has 2 atom stereocenters. The maximum absolute atomic E-state index is 13.4. The zero-order valence-electron chi connectivity index (χ0n) is 18.8. The van der Waals surface area contributed by atoms with Gasteiger partial charge in [0.15, 0.2) is 0 Å². The number of carboxylic acids is 1. The molecule has 2 aromatic heterocycles. The highest BCUT2D eigenvalue weighted by Crippen LogP contribution is 2.33. The Morgan fingerprint density at radius 1 is 1.08 bits per heavy atom. The Kier molecular flexibility index (Phi) is 7.29. The molecule has 4 heterocycles. The van der Waals surface area contributed by atoms with Crippen molar-refractivity contribution in [3.8, 4) is 0 Å². The molecule has 2 unspecified atom stereocenters. The molecule has 1 aromatic carbocycles. The molecule has 2 aliphatic rings. The van der Waals surface area contributed by atoms with Crippen molar-refractivity contribution in [1.29, 1.82) is 0 Å². The number of likely N-dealkylation sites (tertiary alicyclic amines) is 1. The second kappa shape index (κ2) is 10.4. The van der Waals surface area contributed by atoms with E-state index in [-0.39, 0.29) is 11.7 Å². The van der Waals surface area contributed by atoms with Gasteiger partial charge in [0.05, 0.1) is 0 Å². The number of carbonyl (C=O) groups excluding carboxylic acids is 1. The molecular formula is C23H22F4N6O3. The van der Waals surface area contributed by atoms with Crippen LogP contribution in [0.25, 0.3) is 0 Å². The summed E-state index contributed by atoms with van der Waals surface area (Å²) in [5.74, 6) is -1.41. The van der Waals surface area contributed by atoms with E-state index in [1.165, 1.54) is 17.7 Å². The van der Waals surface area contributed by atoms with Crippen LogP contribution in [0.2, 0.25) is 0 Å². The fourth-order valence-electron chi connectivity index (χ4n) is 4.42. The summed E-state index contributed by atoms with van der Waals surface area (Å²) in [5.41, 5.74) is 1.62. The van der Waals surface area contributed by atoms with Crippen LogP contribution in [0.4, 0.5) is 23.2 Å². The summed E-state index contributed by atoms with van der Waals surface area (Å²) in [6.45, 7) is 3.59. The minimum Gasteiger partial charge on any atom is -0.475 e. The molecule has 0 aliphatic carbocycles. The quantitative estimate of drug-likeness (QED) is 0.523. The molecule has 0 radical (unpaired) electrons. The van der Waals surface area contributed by atoms with E-state index in [4.69, 9.17) is 9.90 Å². The molecule has 36 heavy (non-hydrogen) atoms. The summed E-state index contributed by atoms with van der Waals surface area (Å²) < 4.78 is 47.0. The lowest BCUT2D eigenvalue weighted by Gasteiger charge is -2.25. The molecule has 3 aromatic rings. The van der Waals surface area contributed by atoms with E-state index < -0.39 is 18.0 Å². The molecule has 1 fully saturated rings. The van der Waals surface area contributed by atoms with Gasteiger partial charge in [-0.2, -0.15) is 13.2 Å². The van der Waals surface area contributed by atoms with Crippen molar-refractivity contribution >= 4 is 17.6 Å². The lowest BCUT2D eigenvalue weighted by Crippen LogP contribution is -2.31. The molecule has 9 nitrogen and oxygen atoms in total. The number of pyridine rings is 1. The van der Waals surface area contributed by atoms with Gasteiger partial charge >= 0.3 is 12.1 Å². The van der Waals surface area contributed by atoms with Gasteiger partial charge in [-0.1, -0.05) is 12.1 Å². The SMILES string of the molecule is O=C(Nc1cccc(F)c1)c1nnc2n1CC1CN(Cc3cccnc3)CC1C2.O=C(O)C(F)(F)F. The molecule has 0 saturated carbocycles. The number of alkyl halides is 3. The predicted molar refractivity (Wildman–Crippen MR) is 118 cm³/mol. The molecule has 1 amide bonds. The second-order valence-corrected chi connectivity index (χ2v) is 8.60. The monoisotopic (exact) mass is 506 g/mol. The number of benzene rings is 1. The van der Waals surface area contributed by atoms with Crippen LogP contribution in [0.5, 0.6) is 0 Å². The number of aromatic nitrogens is 4. The molecule has 190 valence electrons. The number of amides is 1. The summed E-state index contributed by atoms with van der Waals surface area (Å²) in [7, 11) is 0. The van der Waals surface area contributed by atoms with Crippen LogP contribution in [0.15, 0.2) is 48.8 Å². The third kappa shape index (κ3) is 6.03. The van der Waals surface area contributed by atoms with Crippen LogP contribution < -0.4 is 5.32 Å². The Morgan fingerprint density at radius 2 is 1.83 bits per heavy atom. The Hall–Kier alpha value is -3.87. The standard InChI is InChI=1S/C21H21FN6O.C2HF3O2/c22-17-4-1-5-18(8-17)24-21(29)20-26-25-19-7-15-11-27(12-16(15)13-28(19)20)10-14-3-2-6-23-9-14;3-2(4,5)1(6)7/h1-6,8-9,15-16H,7,10-13H2,(H,24,29);(H,6,7). The van der Waals surface area contributed by atoms with Crippen LogP contribution in [-0.2, 0) is 24.3 Å². The molecule has 1 saturated heterocycles. The Balaban J connectivity index is 0.000000384. The highest BCUT2D eigenvalue weighted by Gasteiger charge is 2.39. The van der Waals surface area contributed by atoms with Crippen molar-refractivity contribution in [3.63, 3.8) is 0 Å². The fourth-order valence-corrected chi connectivity index (χ4v) is 4.42.